The number of anilines is 1. The van der Waals surface area contributed by atoms with Crippen molar-refractivity contribution >= 4 is 34.8 Å². The molecule has 4 rings (SSSR count). The quantitative estimate of drug-likeness (QED) is 0.667. The molecule has 1 spiro atoms. The zero-order valence-electron chi connectivity index (χ0n) is 19.4. The summed E-state index contributed by atoms with van der Waals surface area (Å²) in [6, 6.07) is 7.16. The van der Waals surface area contributed by atoms with E-state index in [-0.39, 0.29) is 17.9 Å². The number of hydrogen-bond donors (Lipinski definition) is 2. The lowest BCUT2D eigenvalue weighted by Crippen LogP contribution is -2.51. The van der Waals surface area contributed by atoms with Crippen LogP contribution in [0.25, 0.3) is 11.0 Å². The second-order valence-corrected chi connectivity index (χ2v) is 9.74. The number of aromatic nitrogens is 2. The molecular weight excluding hydrogens is 406 g/mol. The Morgan fingerprint density at radius 1 is 1.22 bits per heavy atom. The van der Waals surface area contributed by atoms with Gasteiger partial charge in [0.1, 0.15) is 12.1 Å². The fraction of sp³-hybridized carbons (Fsp3) is 0.583. The highest BCUT2D eigenvalue weighted by Gasteiger charge is 2.53. The molecule has 32 heavy (non-hydrogen) atoms. The third-order valence-corrected chi connectivity index (χ3v) is 7.63. The van der Waals surface area contributed by atoms with Crippen molar-refractivity contribution in [2.24, 2.45) is 11.3 Å². The second kappa shape index (κ2) is 8.22. The monoisotopic (exact) mass is 439 g/mol. The van der Waals surface area contributed by atoms with Crippen molar-refractivity contribution in [2.45, 2.75) is 71.9 Å². The first-order valence-electron chi connectivity index (χ1n) is 11.6. The van der Waals surface area contributed by atoms with Gasteiger partial charge in [-0.15, -0.1) is 0 Å². The Morgan fingerprint density at radius 2 is 1.91 bits per heavy atom. The first-order chi connectivity index (χ1) is 15.2. The first-order valence-corrected chi connectivity index (χ1v) is 11.6. The molecule has 172 valence electrons. The number of nitrogens with one attached hydrogen (secondary N) is 2. The number of urea groups is 1. The Bertz CT molecular complexity index is 1050. The summed E-state index contributed by atoms with van der Waals surface area (Å²) in [5.41, 5.74) is 1.06. The van der Waals surface area contributed by atoms with Crippen molar-refractivity contribution in [3.8, 4) is 0 Å². The van der Waals surface area contributed by atoms with Crippen LogP contribution in [0.2, 0.25) is 0 Å². The largest absolute Gasteiger partial charge is 0.325 e. The molecule has 8 heteroatoms. The van der Waals surface area contributed by atoms with Gasteiger partial charge in [0.05, 0.1) is 11.0 Å². The number of benzene rings is 1. The molecule has 2 fully saturated rings. The van der Waals surface area contributed by atoms with E-state index in [0.717, 1.165) is 35.2 Å². The van der Waals surface area contributed by atoms with Crippen molar-refractivity contribution < 1.29 is 14.4 Å². The standard InChI is InChI=1S/C24H33N5O3/c1-5-23(3,4)16-11-13-24(14-12-16)20(31)29(22(32)27-24)15-19(30)26-21-25-17-9-7-8-10-18(17)28(21)6-2/h7-10,16H,5-6,11-15H2,1-4H3,(H,27,32)(H,25,26,30). The van der Waals surface area contributed by atoms with Crippen LogP contribution in [-0.4, -0.2) is 44.4 Å². The van der Waals surface area contributed by atoms with E-state index >= 15 is 0 Å². The molecular formula is C24H33N5O3. The van der Waals surface area contributed by atoms with Gasteiger partial charge in [-0.05, 0) is 56.1 Å². The van der Waals surface area contributed by atoms with Crippen LogP contribution < -0.4 is 10.6 Å². The second-order valence-electron chi connectivity index (χ2n) is 9.74. The number of aryl methyl sites for hydroxylation is 1. The van der Waals surface area contributed by atoms with Crippen molar-refractivity contribution in [3.05, 3.63) is 24.3 Å². The number of nitrogens with zero attached hydrogens (tertiary/aromatic N) is 3. The maximum atomic E-state index is 13.2. The fourth-order valence-corrected chi connectivity index (χ4v) is 5.14. The van der Waals surface area contributed by atoms with E-state index < -0.39 is 17.5 Å². The lowest BCUT2D eigenvalue weighted by molar-refractivity contribution is -0.135. The Balaban J connectivity index is 1.44. The van der Waals surface area contributed by atoms with Crippen LogP contribution in [-0.2, 0) is 16.1 Å². The lowest BCUT2D eigenvalue weighted by atomic mass is 9.65. The molecule has 1 aromatic carbocycles. The first kappa shape index (κ1) is 22.3. The lowest BCUT2D eigenvalue weighted by Gasteiger charge is -2.42. The molecule has 0 atom stereocenters. The third-order valence-electron chi connectivity index (χ3n) is 7.63. The van der Waals surface area contributed by atoms with Crippen molar-refractivity contribution in [1.82, 2.24) is 19.8 Å². The highest BCUT2D eigenvalue weighted by atomic mass is 16.2. The Labute approximate surface area is 188 Å². The van der Waals surface area contributed by atoms with E-state index in [0.29, 0.717) is 31.3 Å². The van der Waals surface area contributed by atoms with Gasteiger partial charge < -0.3 is 9.88 Å². The molecule has 2 N–H and O–H groups in total. The Morgan fingerprint density at radius 3 is 2.56 bits per heavy atom. The van der Waals surface area contributed by atoms with Gasteiger partial charge in [0.15, 0.2) is 0 Å². The van der Waals surface area contributed by atoms with Crippen molar-refractivity contribution in [1.29, 1.82) is 0 Å². The Kier molecular flexibility index (Phi) is 5.73. The SMILES string of the molecule is CCn1c(NC(=O)CN2C(=O)NC3(CCC(C(C)(C)CC)CC3)C2=O)nc2ccccc21. The van der Waals surface area contributed by atoms with Gasteiger partial charge in [-0.1, -0.05) is 39.3 Å². The summed E-state index contributed by atoms with van der Waals surface area (Å²) in [4.78, 5) is 44.2. The predicted molar refractivity (Wildman–Crippen MR) is 123 cm³/mol. The number of carbonyl (C=O) groups excluding carboxylic acids is 3. The van der Waals surface area contributed by atoms with Crippen LogP contribution >= 0.6 is 0 Å². The van der Waals surface area contributed by atoms with Gasteiger partial charge in [0, 0.05) is 6.54 Å². The van der Waals surface area contributed by atoms with E-state index in [9.17, 15) is 14.4 Å². The minimum atomic E-state index is -0.867. The summed E-state index contributed by atoms with van der Waals surface area (Å²) >= 11 is 0. The molecule has 8 nitrogen and oxygen atoms in total. The Hall–Kier alpha value is -2.90. The highest BCUT2D eigenvalue weighted by Crippen LogP contribution is 2.45. The van der Waals surface area contributed by atoms with Crippen molar-refractivity contribution in [2.75, 3.05) is 11.9 Å². The summed E-state index contributed by atoms with van der Waals surface area (Å²) in [5.74, 6) is 0.232. The number of rotatable bonds is 6. The van der Waals surface area contributed by atoms with Gasteiger partial charge in [0.2, 0.25) is 11.9 Å². The number of hydrogen-bond acceptors (Lipinski definition) is 4. The van der Waals surface area contributed by atoms with Crippen LogP contribution in [0.1, 0.15) is 59.8 Å². The molecule has 1 saturated carbocycles. The molecule has 2 aliphatic rings. The van der Waals surface area contributed by atoms with Crippen molar-refractivity contribution in [3.63, 3.8) is 0 Å². The molecule has 0 unspecified atom stereocenters. The average molecular weight is 440 g/mol. The van der Waals surface area contributed by atoms with Crippen LogP contribution in [0.3, 0.4) is 0 Å². The molecule has 1 saturated heterocycles. The van der Waals surface area contributed by atoms with Gasteiger partial charge in [-0.2, -0.15) is 0 Å². The van der Waals surface area contributed by atoms with Gasteiger partial charge in [-0.3, -0.25) is 19.8 Å². The topological polar surface area (TPSA) is 96.3 Å². The molecule has 0 radical (unpaired) electrons. The van der Waals surface area contributed by atoms with E-state index in [1.54, 1.807) is 0 Å². The number of para-hydroxylation sites is 2. The smallest absolute Gasteiger partial charge is 0.323 e. The molecule has 2 heterocycles. The summed E-state index contributed by atoms with van der Waals surface area (Å²) in [6.45, 7) is 9.03. The third kappa shape index (κ3) is 3.76. The highest BCUT2D eigenvalue weighted by molar-refractivity contribution is 6.10. The molecule has 1 aliphatic heterocycles. The maximum Gasteiger partial charge on any atom is 0.325 e. The predicted octanol–water partition coefficient (Wildman–Crippen LogP) is 3.91. The summed E-state index contributed by atoms with van der Waals surface area (Å²) in [7, 11) is 0. The van der Waals surface area contributed by atoms with Gasteiger partial charge in [-0.25, -0.2) is 9.78 Å². The van der Waals surface area contributed by atoms with Crippen LogP contribution in [0, 0.1) is 11.3 Å². The summed E-state index contributed by atoms with van der Waals surface area (Å²) < 4.78 is 1.90. The minimum Gasteiger partial charge on any atom is -0.323 e. The zero-order valence-corrected chi connectivity index (χ0v) is 19.4. The van der Waals surface area contributed by atoms with Crippen LogP contribution in [0.4, 0.5) is 10.7 Å². The fourth-order valence-electron chi connectivity index (χ4n) is 5.14. The van der Waals surface area contributed by atoms with E-state index in [1.807, 2.05) is 35.8 Å². The molecule has 4 amide bonds. The molecule has 0 bridgehead atoms. The number of imidazole rings is 1. The van der Waals surface area contributed by atoms with E-state index in [2.05, 4.69) is 36.4 Å². The van der Waals surface area contributed by atoms with E-state index in [4.69, 9.17) is 0 Å². The average Bonchev–Trinajstić information content (AvgIpc) is 3.23. The molecule has 1 aliphatic carbocycles. The van der Waals surface area contributed by atoms with E-state index in [1.165, 1.54) is 0 Å². The number of amides is 4. The zero-order chi connectivity index (χ0) is 23.1. The number of fused-ring (bicyclic) bond motifs is 1. The summed E-state index contributed by atoms with van der Waals surface area (Å²) in [6.07, 6.45) is 4.12. The van der Waals surface area contributed by atoms with Crippen LogP contribution in [0.15, 0.2) is 24.3 Å². The minimum absolute atomic E-state index is 0.220. The molecule has 1 aromatic heterocycles. The number of carbonyl (C=O) groups is 3. The normalized spacial score (nSPS) is 23.8. The summed E-state index contributed by atoms with van der Waals surface area (Å²) in [5, 5.41) is 5.69. The number of imide groups is 1. The van der Waals surface area contributed by atoms with Gasteiger partial charge >= 0.3 is 6.03 Å². The van der Waals surface area contributed by atoms with Gasteiger partial charge in [0.25, 0.3) is 5.91 Å². The molecule has 2 aromatic rings. The van der Waals surface area contributed by atoms with Crippen LogP contribution in [0.5, 0.6) is 0 Å². The maximum absolute atomic E-state index is 13.2.